The summed E-state index contributed by atoms with van der Waals surface area (Å²) in [5.74, 6) is -0.621. The van der Waals surface area contributed by atoms with Gasteiger partial charge >= 0.3 is 0 Å². The number of thioether (sulfide) groups is 1. The topological polar surface area (TPSA) is 96.0 Å². The minimum absolute atomic E-state index is 0.0961. The number of amides is 2. The van der Waals surface area contributed by atoms with Crippen LogP contribution >= 0.6 is 11.8 Å². The quantitative estimate of drug-likeness (QED) is 0.551. The van der Waals surface area contributed by atoms with Crippen molar-refractivity contribution in [1.29, 1.82) is 0 Å². The first kappa shape index (κ1) is 16.5. The molecule has 0 saturated heterocycles. The molecule has 1 aliphatic heterocycles. The van der Waals surface area contributed by atoms with Crippen LogP contribution in [0.2, 0.25) is 0 Å². The van der Waals surface area contributed by atoms with Gasteiger partial charge in [0.05, 0.1) is 0 Å². The summed E-state index contributed by atoms with van der Waals surface area (Å²) in [4.78, 5) is 42.5. The molecule has 1 aliphatic rings. The summed E-state index contributed by atoms with van der Waals surface area (Å²) in [5, 5.41) is 8.21. The minimum atomic E-state index is -0.311. The van der Waals surface area contributed by atoms with Crippen LogP contribution in [0.15, 0.2) is 47.9 Å². The van der Waals surface area contributed by atoms with Gasteiger partial charge in [0.2, 0.25) is 0 Å². The van der Waals surface area contributed by atoms with Crippen LogP contribution < -0.4 is 0 Å². The molecular formula is C18H14N4O3S. The molecule has 1 N–H and O–H groups in total. The molecule has 7 nitrogen and oxygen atoms in total. The number of carbonyl (C=O) groups excluding carboxylic acids is 3. The number of imide groups is 1. The van der Waals surface area contributed by atoms with Crippen molar-refractivity contribution in [3.05, 3.63) is 53.9 Å². The third kappa shape index (κ3) is 2.88. The molecule has 0 spiro atoms. The molecule has 8 heteroatoms. The van der Waals surface area contributed by atoms with E-state index in [1.165, 1.54) is 11.2 Å². The lowest BCUT2D eigenvalue weighted by atomic mass is 9.94. The molecule has 0 radical (unpaired) electrons. The molecule has 3 aromatic rings. The van der Waals surface area contributed by atoms with Gasteiger partial charge in [0.1, 0.15) is 6.33 Å². The highest BCUT2D eigenvalue weighted by molar-refractivity contribution is 8.13. The fourth-order valence-corrected chi connectivity index (χ4v) is 3.73. The van der Waals surface area contributed by atoms with E-state index in [1.807, 2.05) is 24.3 Å². The van der Waals surface area contributed by atoms with Crippen molar-refractivity contribution >= 4 is 39.5 Å². The summed E-state index contributed by atoms with van der Waals surface area (Å²) in [6, 6.07) is 10.9. The van der Waals surface area contributed by atoms with Crippen LogP contribution in [-0.4, -0.2) is 43.6 Å². The predicted octanol–water partition coefficient (Wildman–Crippen LogP) is 2.65. The first-order valence-electron chi connectivity index (χ1n) is 8.09. The molecule has 1 aromatic heterocycles. The average molecular weight is 366 g/mol. The molecule has 2 aromatic carbocycles. The monoisotopic (exact) mass is 366 g/mol. The number of hydrogen-bond donors (Lipinski definition) is 1. The Labute approximate surface area is 152 Å². The van der Waals surface area contributed by atoms with E-state index in [0.29, 0.717) is 28.1 Å². The molecule has 2 amide bonds. The second-order valence-corrected chi connectivity index (χ2v) is 6.89. The number of aromatic nitrogens is 3. The van der Waals surface area contributed by atoms with Gasteiger partial charge in [-0.1, -0.05) is 24.3 Å². The molecule has 0 aliphatic carbocycles. The molecule has 0 saturated carbocycles. The van der Waals surface area contributed by atoms with Gasteiger partial charge in [-0.3, -0.25) is 24.4 Å². The van der Waals surface area contributed by atoms with E-state index in [9.17, 15) is 14.4 Å². The van der Waals surface area contributed by atoms with E-state index in [0.717, 1.165) is 17.1 Å². The standard InChI is InChI=1S/C18H14N4O3S/c23-14(26-18-19-10-20-21-18)8-3-9-22-16(24)12-6-1-4-11-5-2-7-13(15(11)12)17(22)25/h1-2,4-7,10H,3,8-9H2,(H,19,20,21). The van der Waals surface area contributed by atoms with Gasteiger partial charge in [-0.2, -0.15) is 5.10 Å². The summed E-state index contributed by atoms with van der Waals surface area (Å²) < 4.78 is 0. The van der Waals surface area contributed by atoms with E-state index in [2.05, 4.69) is 15.2 Å². The number of hydrogen-bond acceptors (Lipinski definition) is 6. The highest BCUT2D eigenvalue weighted by Gasteiger charge is 2.32. The summed E-state index contributed by atoms with van der Waals surface area (Å²) in [6.07, 6.45) is 1.96. The number of aromatic amines is 1. The number of carbonyl (C=O) groups is 3. The zero-order valence-electron chi connectivity index (χ0n) is 13.6. The molecule has 0 unspecified atom stereocenters. The molecule has 0 bridgehead atoms. The van der Waals surface area contributed by atoms with Crippen molar-refractivity contribution in [2.45, 2.75) is 18.0 Å². The molecule has 26 heavy (non-hydrogen) atoms. The van der Waals surface area contributed by atoms with Gasteiger partial charge in [-0.05, 0) is 35.7 Å². The summed E-state index contributed by atoms with van der Waals surface area (Å²) in [6.45, 7) is 0.199. The van der Waals surface area contributed by atoms with Crippen LogP contribution in [-0.2, 0) is 4.79 Å². The van der Waals surface area contributed by atoms with Crippen molar-refractivity contribution < 1.29 is 14.4 Å². The van der Waals surface area contributed by atoms with Crippen LogP contribution in [0, 0.1) is 0 Å². The molecule has 130 valence electrons. The first-order valence-corrected chi connectivity index (χ1v) is 8.91. The van der Waals surface area contributed by atoms with Crippen molar-refractivity contribution in [3.63, 3.8) is 0 Å². The number of nitrogens with zero attached hydrogens (tertiary/aromatic N) is 3. The molecule has 0 fully saturated rings. The second-order valence-electron chi connectivity index (χ2n) is 5.84. The number of benzene rings is 2. The minimum Gasteiger partial charge on any atom is -0.287 e. The van der Waals surface area contributed by atoms with E-state index in [1.54, 1.807) is 12.1 Å². The molecule has 4 rings (SSSR count). The summed E-state index contributed by atoms with van der Waals surface area (Å²) in [5.41, 5.74) is 1.06. The third-order valence-electron chi connectivity index (χ3n) is 4.22. The largest absolute Gasteiger partial charge is 0.287 e. The van der Waals surface area contributed by atoms with Crippen LogP contribution in [0.1, 0.15) is 33.6 Å². The van der Waals surface area contributed by atoms with Crippen LogP contribution in [0.25, 0.3) is 10.8 Å². The van der Waals surface area contributed by atoms with E-state index < -0.39 is 0 Å². The smallest absolute Gasteiger partial charge is 0.261 e. The lowest BCUT2D eigenvalue weighted by molar-refractivity contribution is -0.111. The average Bonchev–Trinajstić information content (AvgIpc) is 3.15. The van der Waals surface area contributed by atoms with Crippen LogP contribution in [0.4, 0.5) is 0 Å². The van der Waals surface area contributed by atoms with Crippen molar-refractivity contribution in [2.75, 3.05) is 6.54 Å². The van der Waals surface area contributed by atoms with Crippen molar-refractivity contribution in [2.24, 2.45) is 0 Å². The van der Waals surface area contributed by atoms with Gasteiger partial charge in [0.25, 0.3) is 11.8 Å². The Bertz CT molecular complexity index is 966. The summed E-state index contributed by atoms with van der Waals surface area (Å²) in [7, 11) is 0. The van der Waals surface area contributed by atoms with E-state index >= 15 is 0 Å². The Hall–Kier alpha value is -3.00. The first-order chi connectivity index (χ1) is 12.6. The maximum Gasteiger partial charge on any atom is 0.261 e. The maximum atomic E-state index is 12.7. The molecular weight excluding hydrogens is 352 g/mol. The Morgan fingerprint density at radius 1 is 1.08 bits per heavy atom. The summed E-state index contributed by atoms with van der Waals surface area (Å²) >= 11 is 0.966. The number of nitrogens with one attached hydrogen (secondary N) is 1. The van der Waals surface area contributed by atoms with Crippen LogP contribution in [0.5, 0.6) is 0 Å². The SMILES string of the molecule is O=C(CCCN1C(=O)c2cccc3cccc(c23)C1=O)Sc1ncn[nH]1. The molecule has 0 atom stereocenters. The lowest BCUT2D eigenvalue weighted by Crippen LogP contribution is -2.40. The Morgan fingerprint density at radius 3 is 2.38 bits per heavy atom. The Kier molecular flexibility index (Phi) is 4.26. The van der Waals surface area contributed by atoms with Gasteiger partial charge < -0.3 is 0 Å². The zero-order valence-corrected chi connectivity index (χ0v) is 14.5. The van der Waals surface area contributed by atoms with Gasteiger partial charge in [-0.25, -0.2) is 4.98 Å². The Balaban J connectivity index is 1.47. The number of H-pyrrole nitrogens is 1. The van der Waals surface area contributed by atoms with Gasteiger partial charge in [-0.15, -0.1) is 0 Å². The number of rotatable bonds is 5. The van der Waals surface area contributed by atoms with Crippen molar-refractivity contribution in [3.8, 4) is 0 Å². The third-order valence-corrected chi connectivity index (χ3v) is 5.04. The Morgan fingerprint density at radius 2 is 1.77 bits per heavy atom. The normalized spacial score (nSPS) is 13.5. The predicted molar refractivity (Wildman–Crippen MR) is 95.8 cm³/mol. The highest BCUT2D eigenvalue weighted by Crippen LogP contribution is 2.30. The maximum absolute atomic E-state index is 12.7. The van der Waals surface area contributed by atoms with Gasteiger partial charge in [0, 0.05) is 29.5 Å². The molecule has 2 heterocycles. The second kappa shape index (κ2) is 6.72. The fraction of sp³-hybridized carbons (Fsp3) is 0.167. The fourth-order valence-electron chi connectivity index (χ4n) is 3.07. The van der Waals surface area contributed by atoms with Gasteiger partial charge in [0.15, 0.2) is 10.3 Å². The van der Waals surface area contributed by atoms with E-state index in [-0.39, 0.29) is 29.9 Å². The lowest BCUT2D eigenvalue weighted by Gasteiger charge is -2.27. The van der Waals surface area contributed by atoms with Crippen LogP contribution in [0.3, 0.4) is 0 Å². The zero-order chi connectivity index (χ0) is 18.1. The van der Waals surface area contributed by atoms with Crippen molar-refractivity contribution in [1.82, 2.24) is 20.1 Å². The van der Waals surface area contributed by atoms with E-state index in [4.69, 9.17) is 0 Å². The highest BCUT2D eigenvalue weighted by atomic mass is 32.2.